The first-order valence-electron chi connectivity index (χ1n) is 4.77. The zero-order chi connectivity index (χ0) is 9.10. The summed E-state index contributed by atoms with van der Waals surface area (Å²) in [4.78, 5) is 0. The average molecular weight is 176 g/mol. The molecule has 1 aromatic rings. The Hall–Kier alpha value is -1.11. The molecule has 0 spiro atoms. The Morgan fingerprint density at radius 3 is 2.46 bits per heavy atom. The van der Waals surface area contributed by atoms with E-state index in [0.717, 1.165) is 12.8 Å². The van der Waals surface area contributed by atoms with Crippen molar-refractivity contribution in [1.82, 2.24) is 0 Å². The summed E-state index contributed by atoms with van der Waals surface area (Å²) in [5.41, 5.74) is 1.27. The lowest BCUT2D eigenvalue weighted by molar-refractivity contribution is 0.605. The second-order valence-electron chi connectivity index (χ2n) is 3.53. The highest BCUT2D eigenvalue weighted by molar-refractivity contribution is 5.22. The molecule has 0 saturated carbocycles. The molecule has 1 aliphatic carbocycles. The maximum atomic E-state index is 12.6. The lowest BCUT2D eigenvalue weighted by atomic mass is 9.88. The van der Waals surface area contributed by atoms with Gasteiger partial charge < -0.3 is 0 Å². The molecule has 0 aliphatic heterocycles. The molecule has 0 radical (unpaired) electrons. The van der Waals surface area contributed by atoms with Gasteiger partial charge in [-0.05, 0) is 42.9 Å². The molecule has 68 valence electrons. The lowest BCUT2D eigenvalue weighted by Gasteiger charge is -2.17. The summed E-state index contributed by atoms with van der Waals surface area (Å²) >= 11 is 0. The van der Waals surface area contributed by atoms with E-state index in [0.29, 0.717) is 5.92 Å². The van der Waals surface area contributed by atoms with Crippen molar-refractivity contribution in [3.63, 3.8) is 0 Å². The van der Waals surface area contributed by atoms with Gasteiger partial charge in [0, 0.05) is 0 Å². The van der Waals surface area contributed by atoms with Crippen LogP contribution in [0, 0.1) is 5.82 Å². The molecule has 0 unspecified atom stereocenters. The summed E-state index contributed by atoms with van der Waals surface area (Å²) in [6.45, 7) is 0. The molecule has 0 heterocycles. The third-order valence-electron chi connectivity index (χ3n) is 2.61. The smallest absolute Gasteiger partial charge is 0.123 e. The third-order valence-corrected chi connectivity index (χ3v) is 2.61. The molecule has 0 fully saturated rings. The van der Waals surface area contributed by atoms with Crippen LogP contribution in [0.25, 0.3) is 0 Å². The van der Waals surface area contributed by atoms with Crippen LogP contribution in [-0.4, -0.2) is 0 Å². The highest BCUT2D eigenvalue weighted by Crippen LogP contribution is 2.28. The van der Waals surface area contributed by atoms with Gasteiger partial charge >= 0.3 is 0 Å². The molecular weight excluding hydrogens is 163 g/mol. The van der Waals surface area contributed by atoms with E-state index in [-0.39, 0.29) is 5.82 Å². The normalized spacial score (nSPS) is 21.8. The van der Waals surface area contributed by atoms with Gasteiger partial charge in [0.15, 0.2) is 0 Å². The predicted molar refractivity (Wildman–Crippen MR) is 52.1 cm³/mol. The van der Waals surface area contributed by atoms with Crippen molar-refractivity contribution >= 4 is 0 Å². The van der Waals surface area contributed by atoms with Gasteiger partial charge in [-0.2, -0.15) is 0 Å². The molecule has 1 atom stereocenters. The fraction of sp³-hybridized carbons (Fsp3) is 0.333. The number of benzene rings is 1. The Kier molecular flexibility index (Phi) is 2.44. The monoisotopic (exact) mass is 176 g/mol. The first kappa shape index (κ1) is 8.49. The Morgan fingerprint density at radius 1 is 1.08 bits per heavy atom. The molecule has 1 aliphatic rings. The second kappa shape index (κ2) is 3.73. The molecule has 0 N–H and O–H groups in total. The predicted octanol–water partition coefficient (Wildman–Crippen LogP) is 3.65. The van der Waals surface area contributed by atoms with Crippen molar-refractivity contribution in [3.05, 3.63) is 47.8 Å². The number of hydrogen-bond acceptors (Lipinski definition) is 0. The van der Waals surface area contributed by atoms with Crippen LogP contribution in [0.4, 0.5) is 4.39 Å². The molecule has 0 saturated heterocycles. The molecular formula is C12H13F. The van der Waals surface area contributed by atoms with Gasteiger partial charge in [-0.15, -0.1) is 0 Å². The number of allylic oxidation sites excluding steroid dienone is 2. The standard InChI is InChI=1S/C12H13F/c13-12-8-6-11(7-9-12)10-4-2-1-3-5-10/h1-2,6-10H,3-5H2/t10-/m1/s1. The zero-order valence-corrected chi connectivity index (χ0v) is 7.54. The van der Waals surface area contributed by atoms with Crippen LogP contribution in [0.5, 0.6) is 0 Å². The second-order valence-corrected chi connectivity index (χ2v) is 3.53. The van der Waals surface area contributed by atoms with E-state index < -0.39 is 0 Å². The van der Waals surface area contributed by atoms with Gasteiger partial charge in [-0.25, -0.2) is 4.39 Å². The van der Waals surface area contributed by atoms with Crippen molar-refractivity contribution in [1.29, 1.82) is 0 Å². The summed E-state index contributed by atoms with van der Waals surface area (Å²) in [6.07, 6.45) is 7.90. The number of halogens is 1. The van der Waals surface area contributed by atoms with Gasteiger partial charge in [0.25, 0.3) is 0 Å². The van der Waals surface area contributed by atoms with E-state index in [4.69, 9.17) is 0 Å². The number of rotatable bonds is 1. The van der Waals surface area contributed by atoms with E-state index in [1.54, 1.807) is 12.1 Å². The Labute approximate surface area is 78.1 Å². The third kappa shape index (κ3) is 1.97. The molecule has 13 heavy (non-hydrogen) atoms. The van der Waals surface area contributed by atoms with Gasteiger partial charge in [0.05, 0.1) is 0 Å². The summed E-state index contributed by atoms with van der Waals surface area (Å²) in [5.74, 6) is 0.459. The van der Waals surface area contributed by atoms with E-state index in [1.165, 1.54) is 12.0 Å². The largest absolute Gasteiger partial charge is 0.207 e. The van der Waals surface area contributed by atoms with Crippen LogP contribution in [0.3, 0.4) is 0 Å². The van der Waals surface area contributed by atoms with E-state index in [2.05, 4.69) is 12.2 Å². The van der Waals surface area contributed by atoms with Gasteiger partial charge in [-0.3, -0.25) is 0 Å². The summed E-state index contributed by atoms with van der Waals surface area (Å²) in [6, 6.07) is 6.90. The topological polar surface area (TPSA) is 0 Å². The minimum atomic E-state index is -0.143. The van der Waals surface area contributed by atoms with Crippen molar-refractivity contribution in [2.75, 3.05) is 0 Å². The van der Waals surface area contributed by atoms with E-state index in [1.807, 2.05) is 12.1 Å². The van der Waals surface area contributed by atoms with Crippen LogP contribution < -0.4 is 0 Å². The number of hydrogen-bond donors (Lipinski definition) is 0. The molecule has 0 amide bonds. The maximum absolute atomic E-state index is 12.6. The van der Waals surface area contributed by atoms with Crippen LogP contribution >= 0.6 is 0 Å². The Bertz CT molecular complexity index is 297. The molecule has 0 nitrogen and oxygen atoms in total. The first-order chi connectivity index (χ1) is 6.36. The van der Waals surface area contributed by atoms with E-state index >= 15 is 0 Å². The van der Waals surface area contributed by atoms with Gasteiger partial charge in [0.1, 0.15) is 5.82 Å². The maximum Gasteiger partial charge on any atom is 0.123 e. The minimum absolute atomic E-state index is 0.143. The molecule has 0 bridgehead atoms. The first-order valence-corrected chi connectivity index (χ1v) is 4.77. The van der Waals surface area contributed by atoms with Crippen LogP contribution in [0.1, 0.15) is 30.7 Å². The molecule has 1 aromatic carbocycles. The fourth-order valence-corrected chi connectivity index (χ4v) is 1.83. The van der Waals surface area contributed by atoms with Crippen molar-refractivity contribution in [3.8, 4) is 0 Å². The summed E-state index contributed by atoms with van der Waals surface area (Å²) < 4.78 is 12.6. The molecule has 2 rings (SSSR count). The van der Waals surface area contributed by atoms with Crippen LogP contribution in [-0.2, 0) is 0 Å². The molecule has 1 heteroatoms. The highest BCUT2D eigenvalue weighted by Gasteiger charge is 2.11. The van der Waals surface area contributed by atoms with Crippen molar-refractivity contribution in [2.24, 2.45) is 0 Å². The highest BCUT2D eigenvalue weighted by atomic mass is 19.1. The summed E-state index contributed by atoms with van der Waals surface area (Å²) in [5, 5.41) is 0. The van der Waals surface area contributed by atoms with Crippen molar-refractivity contribution < 1.29 is 4.39 Å². The quantitative estimate of drug-likeness (QED) is 0.573. The minimum Gasteiger partial charge on any atom is -0.207 e. The average Bonchev–Trinajstić information content (AvgIpc) is 2.20. The van der Waals surface area contributed by atoms with Crippen LogP contribution in [0.2, 0.25) is 0 Å². The Balaban J connectivity index is 2.15. The van der Waals surface area contributed by atoms with Gasteiger partial charge in [-0.1, -0.05) is 24.3 Å². The van der Waals surface area contributed by atoms with Crippen LogP contribution in [0.15, 0.2) is 36.4 Å². The molecule has 0 aromatic heterocycles. The Morgan fingerprint density at radius 2 is 1.85 bits per heavy atom. The van der Waals surface area contributed by atoms with E-state index in [9.17, 15) is 4.39 Å². The van der Waals surface area contributed by atoms with Gasteiger partial charge in [0.2, 0.25) is 0 Å². The SMILES string of the molecule is Fc1ccc([C@@H]2CC=CCC2)cc1. The fourth-order valence-electron chi connectivity index (χ4n) is 1.83. The van der Waals surface area contributed by atoms with Crippen molar-refractivity contribution in [2.45, 2.75) is 25.2 Å². The lowest BCUT2D eigenvalue weighted by Crippen LogP contribution is -2.00. The summed E-state index contributed by atoms with van der Waals surface area (Å²) in [7, 11) is 0. The zero-order valence-electron chi connectivity index (χ0n) is 7.54.